The Morgan fingerprint density at radius 1 is 1.00 bits per heavy atom. The smallest absolute Gasteiger partial charge is 0.385 e. The normalized spacial score (nSPS) is 11.1. The lowest BCUT2D eigenvalue weighted by Crippen LogP contribution is -2.06. The molecule has 0 radical (unpaired) electrons. The maximum atomic E-state index is 11.9. The number of benzene rings is 1. The monoisotopic (exact) mass is 368 g/mol. The summed E-state index contributed by atoms with van der Waals surface area (Å²) in [4.78, 5) is 0. The Bertz CT molecular complexity index is 518. The van der Waals surface area contributed by atoms with E-state index < -0.39 is 23.5 Å². The molecule has 0 atom stereocenters. The Morgan fingerprint density at radius 2 is 1.46 bits per heavy atom. The lowest BCUT2D eigenvalue weighted by atomic mass is 10.1. The second kappa shape index (κ2) is 12.1. The Morgan fingerprint density at radius 3 is 1.96 bits per heavy atom. The topological polar surface area (TPSA) is 72.2 Å². The summed E-state index contributed by atoms with van der Waals surface area (Å²) in [7, 11) is -2.62. The van der Waals surface area contributed by atoms with Crippen molar-refractivity contribution in [2.45, 2.75) is 58.5 Å². The molecular weight excluding hydrogens is 341 g/mol. The van der Waals surface area contributed by atoms with Gasteiger partial charge in [-0.05, 0) is 37.8 Å². The van der Waals surface area contributed by atoms with Crippen LogP contribution in [0.3, 0.4) is 0 Å². The average molecular weight is 368 g/mol. The van der Waals surface area contributed by atoms with Crippen LogP contribution in [-0.4, -0.2) is 21.1 Å². The van der Waals surface area contributed by atoms with Crippen LogP contribution in [0.5, 0.6) is 0 Å². The van der Waals surface area contributed by atoms with Crippen molar-refractivity contribution < 1.29 is 21.6 Å². The number of anilines is 1. The standard InChI is InChI=1S/C16H24F3N.H3NO2S/c1-13-9-8-10-14(2)15(13)20-12-7-5-3-4-6-11-16(17,18)19;1-4(2)3/h8-10,20H,3-7,11-12H2,1-2H3;4H,(H2,1,2,3). The number of rotatable bonds is 8. The third-order valence-corrected chi connectivity index (χ3v) is 3.42. The number of hydrogen-bond acceptors (Lipinski definition) is 3. The molecule has 140 valence electrons. The fourth-order valence-electron chi connectivity index (χ4n) is 2.29. The van der Waals surface area contributed by atoms with E-state index in [1.807, 2.05) is 6.07 Å². The molecule has 0 aromatic heterocycles. The fraction of sp³-hybridized carbons (Fsp3) is 0.625. The second-order valence-corrected chi connectivity index (χ2v) is 6.18. The van der Waals surface area contributed by atoms with Gasteiger partial charge in [-0.3, -0.25) is 0 Å². The number of thiol groups is 1. The minimum atomic E-state index is -4.00. The van der Waals surface area contributed by atoms with E-state index in [2.05, 4.69) is 36.4 Å². The molecule has 0 heterocycles. The minimum absolute atomic E-state index is 0.258. The maximum Gasteiger partial charge on any atom is 0.389 e. The molecule has 1 aromatic carbocycles. The largest absolute Gasteiger partial charge is 0.389 e. The highest BCUT2D eigenvalue weighted by molar-refractivity contribution is 7.69. The minimum Gasteiger partial charge on any atom is -0.385 e. The van der Waals surface area contributed by atoms with Gasteiger partial charge in [-0.2, -0.15) is 13.2 Å². The number of aryl methyl sites for hydroxylation is 2. The van der Waals surface area contributed by atoms with Gasteiger partial charge in [-0.15, -0.1) is 0 Å². The van der Waals surface area contributed by atoms with E-state index in [0.717, 1.165) is 25.8 Å². The highest BCUT2D eigenvalue weighted by Gasteiger charge is 2.25. The SMILES string of the molecule is Cc1cccc(C)c1NCCCCCCCC(F)(F)F.N[SH](=O)=O. The predicted octanol–water partition coefficient (Wildman–Crippen LogP) is 4.09. The summed E-state index contributed by atoms with van der Waals surface area (Å²) < 4.78 is 53.4. The van der Waals surface area contributed by atoms with E-state index in [1.165, 1.54) is 16.8 Å². The van der Waals surface area contributed by atoms with Crippen molar-refractivity contribution in [1.82, 2.24) is 0 Å². The number of para-hydroxylation sites is 1. The zero-order chi connectivity index (χ0) is 18.6. The molecule has 0 bridgehead atoms. The molecule has 24 heavy (non-hydrogen) atoms. The van der Waals surface area contributed by atoms with Crippen LogP contribution in [0.2, 0.25) is 0 Å². The molecule has 3 N–H and O–H groups in total. The molecule has 1 rings (SSSR count). The lowest BCUT2D eigenvalue weighted by molar-refractivity contribution is -0.135. The van der Waals surface area contributed by atoms with Crippen molar-refractivity contribution in [3.63, 3.8) is 0 Å². The highest BCUT2D eigenvalue weighted by atomic mass is 32.2. The van der Waals surface area contributed by atoms with Gasteiger partial charge in [0.15, 0.2) is 10.9 Å². The first kappa shape index (κ1) is 22.7. The number of nitrogens with one attached hydrogen (secondary N) is 1. The molecule has 0 saturated carbocycles. The first-order valence-electron chi connectivity index (χ1n) is 7.89. The van der Waals surface area contributed by atoms with Crippen LogP contribution in [0, 0.1) is 13.8 Å². The van der Waals surface area contributed by atoms with Crippen LogP contribution in [-0.2, 0) is 10.9 Å². The van der Waals surface area contributed by atoms with Gasteiger partial charge < -0.3 is 5.32 Å². The molecule has 0 fully saturated rings. The average Bonchev–Trinajstić information content (AvgIpc) is 2.42. The van der Waals surface area contributed by atoms with Gasteiger partial charge in [0.2, 0.25) is 0 Å². The molecule has 4 nitrogen and oxygen atoms in total. The zero-order valence-corrected chi connectivity index (χ0v) is 15.1. The summed E-state index contributed by atoms with van der Waals surface area (Å²) in [5.41, 5.74) is 3.65. The molecule has 0 aliphatic heterocycles. The number of halogens is 3. The summed E-state index contributed by atoms with van der Waals surface area (Å²) in [6.07, 6.45) is -0.853. The van der Waals surface area contributed by atoms with Gasteiger partial charge in [-0.1, -0.05) is 37.5 Å². The first-order valence-corrected chi connectivity index (χ1v) is 9.14. The van der Waals surface area contributed by atoms with E-state index in [-0.39, 0.29) is 6.42 Å². The summed E-state index contributed by atoms with van der Waals surface area (Å²) in [6.45, 7) is 5.03. The predicted molar refractivity (Wildman–Crippen MR) is 92.7 cm³/mol. The summed E-state index contributed by atoms with van der Waals surface area (Å²) in [6, 6.07) is 6.19. The van der Waals surface area contributed by atoms with Gasteiger partial charge in [0.1, 0.15) is 0 Å². The van der Waals surface area contributed by atoms with Crippen molar-refractivity contribution in [2.24, 2.45) is 5.14 Å². The van der Waals surface area contributed by atoms with E-state index in [0.29, 0.717) is 6.42 Å². The Labute approximate surface area is 143 Å². The molecular formula is C16H27F3N2O2S. The van der Waals surface area contributed by atoms with Crippen molar-refractivity contribution >= 4 is 16.6 Å². The molecule has 0 saturated heterocycles. The van der Waals surface area contributed by atoms with Gasteiger partial charge in [0.05, 0.1) is 0 Å². The zero-order valence-electron chi connectivity index (χ0n) is 14.2. The van der Waals surface area contributed by atoms with Crippen LogP contribution in [0.4, 0.5) is 18.9 Å². The quantitative estimate of drug-likeness (QED) is 0.478. The Balaban J connectivity index is 0.00000118. The number of unbranched alkanes of at least 4 members (excludes halogenated alkanes) is 4. The van der Waals surface area contributed by atoms with Crippen molar-refractivity contribution in [3.05, 3.63) is 29.3 Å². The maximum absolute atomic E-state index is 11.9. The molecule has 0 unspecified atom stereocenters. The molecule has 1 aromatic rings. The summed E-state index contributed by atoms with van der Waals surface area (Å²) in [5.74, 6) is 0. The van der Waals surface area contributed by atoms with Crippen LogP contribution in [0.15, 0.2) is 18.2 Å². The number of alkyl halides is 3. The Kier molecular flexibility index (Phi) is 11.5. The molecule has 0 aliphatic carbocycles. The van der Waals surface area contributed by atoms with E-state index >= 15 is 0 Å². The number of hydrogen-bond donors (Lipinski definition) is 3. The summed E-state index contributed by atoms with van der Waals surface area (Å²) >= 11 is 0. The van der Waals surface area contributed by atoms with Gasteiger partial charge in [-0.25, -0.2) is 13.6 Å². The van der Waals surface area contributed by atoms with Crippen LogP contribution in [0.1, 0.15) is 49.7 Å². The van der Waals surface area contributed by atoms with Crippen LogP contribution >= 0.6 is 0 Å². The second-order valence-electron chi connectivity index (χ2n) is 5.61. The van der Waals surface area contributed by atoms with E-state index in [9.17, 15) is 13.2 Å². The Hall–Kier alpha value is -1.28. The molecule has 0 aliphatic rings. The highest BCUT2D eigenvalue weighted by Crippen LogP contribution is 2.23. The van der Waals surface area contributed by atoms with Crippen molar-refractivity contribution in [3.8, 4) is 0 Å². The third kappa shape index (κ3) is 13.2. The van der Waals surface area contributed by atoms with E-state index in [1.54, 1.807) is 0 Å². The first-order chi connectivity index (χ1) is 11.1. The van der Waals surface area contributed by atoms with Gasteiger partial charge in [0.25, 0.3) is 0 Å². The van der Waals surface area contributed by atoms with Crippen LogP contribution < -0.4 is 10.5 Å². The molecule has 0 amide bonds. The lowest BCUT2D eigenvalue weighted by Gasteiger charge is -2.12. The molecule has 8 heteroatoms. The third-order valence-electron chi connectivity index (χ3n) is 3.42. The fourth-order valence-corrected chi connectivity index (χ4v) is 2.29. The summed E-state index contributed by atoms with van der Waals surface area (Å²) in [5, 5.41) is 7.48. The van der Waals surface area contributed by atoms with E-state index in [4.69, 9.17) is 8.42 Å². The van der Waals surface area contributed by atoms with Crippen LogP contribution in [0.25, 0.3) is 0 Å². The van der Waals surface area contributed by atoms with Crippen molar-refractivity contribution in [1.29, 1.82) is 0 Å². The van der Waals surface area contributed by atoms with Crippen molar-refractivity contribution in [2.75, 3.05) is 11.9 Å². The number of nitrogens with two attached hydrogens (primary N) is 1. The van der Waals surface area contributed by atoms with Gasteiger partial charge >= 0.3 is 6.18 Å². The molecule has 0 spiro atoms. The van der Waals surface area contributed by atoms with Gasteiger partial charge in [0, 0.05) is 18.7 Å².